The van der Waals surface area contributed by atoms with E-state index in [9.17, 15) is 9.90 Å². The van der Waals surface area contributed by atoms with Gasteiger partial charge in [-0.2, -0.15) is 0 Å². The second-order valence-electron chi connectivity index (χ2n) is 9.65. The number of carbonyl (C=O) groups excluding carboxylic acids is 1. The molecule has 0 fully saturated rings. The maximum absolute atomic E-state index is 13.0. The summed E-state index contributed by atoms with van der Waals surface area (Å²) in [4.78, 5) is 26.3. The quantitative estimate of drug-likeness (QED) is 0.316. The molecule has 0 spiro atoms. The van der Waals surface area contributed by atoms with Crippen LogP contribution in [0.4, 0.5) is 11.5 Å². The highest BCUT2D eigenvalue weighted by molar-refractivity contribution is 6.76. The number of aliphatic hydroxyl groups is 1. The van der Waals surface area contributed by atoms with Gasteiger partial charge in [0.2, 0.25) is 0 Å². The van der Waals surface area contributed by atoms with Crippen LogP contribution in [-0.4, -0.2) is 57.4 Å². The number of aromatic nitrogens is 4. The minimum atomic E-state index is -1.20. The Morgan fingerprint density at radius 1 is 1.28 bits per heavy atom. The Hall–Kier alpha value is -2.82. The van der Waals surface area contributed by atoms with Crippen LogP contribution in [0.2, 0.25) is 25.7 Å². The first-order chi connectivity index (χ1) is 15.1. The molecule has 0 saturated carbocycles. The van der Waals surface area contributed by atoms with E-state index in [0.29, 0.717) is 29.2 Å². The summed E-state index contributed by atoms with van der Waals surface area (Å²) in [5.74, 6) is 0.168. The second-order valence-corrected chi connectivity index (χ2v) is 15.3. The summed E-state index contributed by atoms with van der Waals surface area (Å²) >= 11 is 0. The molecular formula is C22H32N6O3Si. The highest BCUT2D eigenvalue weighted by atomic mass is 28.3. The number of anilines is 2. The molecule has 0 unspecified atom stereocenters. The van der Waals surface area contributed by atoms with Gasteiger partial charge >= 0.3 is 0 Å². The van der Waals surface area contributed by atoms with Gasteiger partial charge in [-0.3, -0.25) is 9.78 Å². The van der Waals surface area contributed by atoms with Crippen LogP contribution in [0.5, 0.6) is 0 Å². The van der Waals surface area contributed by atoms with Crippen molar-refractivity contribution in [3.8, 4) is 0 Å². The molecule has 9 nitrogen and oxygen atoms in total. The third kappa shape index (κ3) is 6.34. The number of pyridine rings is 1. The third-order valence-electron chi connectivity index (χ3n) is 4.82. The first-order valence-corrected chi connectivity index (χ1v) is 14.3. The van der Waals surface area contributed by atoms with Crippen molar-refractivity contribution in [1.82, 2.24) is 24.8 Å². The summed E-state index contributed by atoms with van der Waals surface area (Å²) in [5, 5.41) is 15.5. The normalized spacial score (nSPS) is 12.2. The van der Waals surface area contributed by atoms with Crippen molar-refractivity contribution in [2.24, 2.45) is 0 Å². The number of nitrogens with one attached hydrogen (secondary N) is 2. The Bertz CT molecular complexity index is 1060. The van der Waals surface area contributed by atoms with Crippen LogP contribution < -0.4 is 10.6 Å². The van der Waals surface area contributed by atoms with Crippen molar-refractivity contribution in [3.63, 3.8) is 0 Å². The largest absolute Gasteiger partial charge is 0.394 e. The predicted molar refractivity (Wildman–Crippen MR) is 128 cm³/mol. The first-order valence-electron chi connectivity index (χ1n) is 10.6. The van der Waals surface area contributed by atoms with Crippen molar-refractivity contribution < 1.29 is 14.6 Å². The predicted octanol–water partition coefficient (Wildman–Crippen LogP) is 3.38. The monoisotopic (exact) mass is 456 g/mol. The van der Waals surface area contributed by atoms with Crippen molar-refractivity contribution in [2.75, 3.05) is 18.5 Å². The molecule has 0 aliphatic carbocycles. The number of nitrogens with zero attached hydrogens (tertiary/aromatic N) is 4. The Balaban J connectivity index is 1.90. The molecule has 0 bridgehead atoms. The molecule has 32 heavy (non-hydrogen) atoms. The molecule has 1 amide bonds. The molecule has 172 valence electrons. The highest BCUT2D eigenvalue weighted by Gasteiger charge is 2.24. The lowest BCUT2D eigenvalue weighted by Gasteiger charge is -2.23. The van der Waals surface area contributed by atoms with Gasteiger partial charge in [0.15, 0.2) is 5.65 Å². The third-order valence-corrected chi connectivity index (χ3v) is 6.52. The topological polar surface area (TPSA) is 114 Å². The fourth-order valence-electron chi connectivity index (χ4n) is 2.92. The maximum atomic E-state index is 13.0. The van der Waals surface area contributed by atoms with E-state index >= 15 is 0 Å². The lowest BCUT2D eigenvalue weighted by molar-refractivity contribution is 0.0859. The fraction of sp³-hybridized carbons (Fsp3) is 0.455. The van der Waals surface area contributed by atoms with Gasteiger partial charge in [-0.25, -0.2) is 9.97 Å². The molecule has 0 aromatic carbocycles. The summed E-state index contributed by atoms with van der Waals surface area (Å²) in [6.45, 7) is 11.2. The second kappa shape index (κ2) is 9.76. The fourth-order valence-corrected chi connectivity index (χ4v) is 3.67. The van der Waals surface area contributed by atoms with Crippen LogP contribution in [0.25, 0.3) is 11.2 Å². The molecule has 3 aromatic rings. The average molecular weight is 457 g/mol. The number of ether oxygens (including phenoxy) is 1. The van der Waals surface area contributed by atoms with E-state index < -0.39 is 13.6 Å². The van der Waals surface area contributed by atoms with Gasteiger partial charge in [-0.05, 0) is 32.0 Å². The molecule has 0 saturated heterocycles. The Kier molecular flexibility index (Phi) is 7.27. The van der Waals surface area contributed by atoms with Crippen LogP contribution in [0.3, 0.4) is 0 Å². The van der Waals surface area contributed by atoms with Gasteiger partial charge in [-0.15, -0.1) is 0 Å². The average Bonchev–Trinajstić information content (AvgIpc) is 3.09. The minimum absolute atomic E-state index is 0.184. The molecule has 3 rings (SSSR count). The van der Waals surface area contributed by atoms with Gasteiger partial charge in [0.1, 0.15) is 18.1 Å². The molecule has 3 heterocycles. The molecule has 0 atom stereocenters. The van der Waals surface area contributed by atoms with E-state index in [-0.39, 0.29) is 19.2 Å². The number of fused-ring (bicyclic) bond motifs is 1. The molecule has 3 aromatic heterocycles. The van der Waals surface area contributed by atoms with E-state index in [1.54, 1.807) is 43.2 Å². The molecule has 0 aliphatic rings. The number of hydrogen-bond acceptors (Lipinski definition) is 7. The zero-order valence-corrected chi connectivity index (χ0v) is 20.3. The zero-order chi connectivity index (χ0) is 23.4. The standard InChI is InChI=1S/C22H32N6O3Si/c1-22(2,14-29)27-21(30)17-13-28(15-31-9-10-32(3,4)5)20-19(17)26-18(12-24-20)25-16-7-6-8-23-11-16/h6-8,11-13,29H,9-10,14-15H2,1-5H3,(H,25,26)(H,27,30). The molecule has 3 N–H and O–H groups in total. The van der Waals surface area contributed by atoms with E-state index in [1.807, 2.05) is 12.1 Å². The number of amides is 1. The van der Waals surface area contributed by atoms with E-state index in [4.69, 9.17) is 4.74 Å². The summed E-state index contributed by atoms with van der Waals surface area (Å²) in [6.07, 6.45) is 6.69. The van der Waals surface area contributed by atoms with Crippen LogP contribution in [0.15, 0.2) is 36.9 Å². The van der Waals surface area contributed by atoms with Crippen molar-refractivity contribution in [2.45, 2.75) is 51.8 Å². The molecule has 0 aliphatic heterocycles. The Morgan fingerprint density at radius 2 is 2.06 bits per heavy atom. The first kappa shape index (κ1) is 23.8. The maximum Gasteiger partial charge on any atom is 0.255 e. The summed E-state index contributed by atoms with van der Waals surface area (Å²) in [6, 6.07) is 4.74. The van der Waals surface area contributed by atoms with Crippen LogP contribution in [-0.2, 0) is 11.5 Å². The Labute approximate surface area is 189 Å². The van der Waals surface area contributed by atoms with Gasteiger partial charge in [-0.1, -0.05) is 19.6 Å². The van der Waals surface area contributed by atoms with Crippen LogP contribution in [0.1, 0.15) is 24.2 Å². The van der Waals surface area contributed by atoms with E-state index in [0.717, 1.165) is 11.7 Å². The minimum Gasteiger partial charge on any atom is -0.394 e. The SMILES string of the molecule is CC(C)(CO)NC(=O)c1cn(COCC[Si](C)(C)C)c2ncc(Nc3cccnc3)nc12. The number of rotatable bonds is 10. The van der Waals surface area contributed by atoms with E-state index in [2.05, 4.69) is 45.2 Å². The van der Waals surface area contributed by atoms with Gasteiger partial charge in [0.05, 0.1) is 35.8 Å². The summed E-state index contributed by atoms with van der Waals surface area (Å²) in [7, 11) is -1.20. The van der Waals surface area contributed by atoms with Crippen LogP contribution in [0, 0.1) is 0 Å². The molecular weight excluding hydrogens is 424 g/mol. The molecule has 10 heteroatoms. The van der Waals surface area contributed by atoms with Gasteiger partial charge < -0.3 is 25.0 Å². The van der Waals surface area contributed by atoms with Crippen molar-refractivity contribution >= 4 is 36.7 Å². The Morgan fingerprint density at radius 3 is 2.72 bits per heavy atom. The van der Waals surface area contributed by atoms with Gasteiger partial charge in [0, 0.05) is 27.1 Å². The molecule has 0 radical (unpaired) electrons. The van der Waals surface area contributed by atoms with Gasteiger partial charge in [0.25, 0.3) is 5.91 Å². The van der Waals surface area contributed by atoms with Crippen molar-refractivity contribution in [3.05, 3.63) is 42.5 Å². The zero-order valence-electron chi connectivity index (χ0n) is 19.3. The lowest BCUT2D eigenvalue weighted by atomic mass is 10.1. The lowest BCUT2D eigenvalue weighted by Crippen LogP contribution is -2.46. The number of aliphatic hydroxyl groups excluding tert-OH is 1. The smallest absolute Gasteiger partial charge is 0.255 e. The summed E-state index contributed by atoms with van der Waals surface area (Å²) in [5.41, 5.74) is 1.39. The van der Waals surface area contributed by atoms with Crippen LogP contribution >= 0.6 is 0 Å². The van der Waals surface area contributed by atoms with Crippen molar-refractivity contribution in [1.29, 1.82) is 0 Å². The highest BCUT2D eigenvalue weighted by Crippen LogP contribution is 2.22. The summed E-state index contributed by atoms with van der Waals surface area (Å²) < 4.78 is 7.67. The number of carbonyl (C=O) groups is 1. The number of hydrogen-bond donors (Lipinski definition) is 3. The van der Waals surface area contributed by atoms with E-state index in [1.165, 1.54) is 0 Å².